The standard InChI is InChI=1S/C25H18BrClN2O6S2/c1-15(30)28-18-7-9-19(10-8-18)37(33,34)35-22-11-6-16(12-20(22)26)13-23-24(31)29(25(32)36-23)14-17-4-2-3-5-21(17)27/h2-13H,14H2,1H3,(H,28,30)/b23-13-. The van der Waals surface area contributed by atoms with Gasteiger partial charge in [-0.3, -0.25) is 19.3 Å². The molecule has 12 heteroatoms. The van der Waals surface area contributed by atoms with E-state index in [1.165, 1.54) is 37.3 Å². The molecule has 0 atom stereocenters. The van der Waals surface area contributed by atoms with Crippen LogP contribution >= 0.6 is 39.3 Å². The second-order valence-electron chi connectivity index (χ2n) is 7.79. The lowest BCUT2D eigenvalue weighted by molar-refractivity contribution is -0.123. The van der Waals surface area contributed by atoms with Gasteiger partial charge in [-0.15, -0.1) is 0 Å². The molecule has 0 unspecified atom stereocenters. The predicted molar refractivity (Wildman–Crippen MR) is 146 cm³/mol. The SMILES string of the molecule is CC(=O)Nc1ccc(S(=O)(=O)Oc2ccc(/C=C3\SC(=O)N(Cc4ccccc4Cl)C3=O)cc2Br)cc1. The molecule has 37 heavy (non-hydrogen) atoms. The summed E-state index contributed by atoms with van der Waals surface area (Å²) in [5, 5.41) is 2.61. The maximum absolute atomic E-state index is 12.8. The van der Waals surface area contributed by atoms with Gasteiger partial charge in [0.2, 0.25) is 5.91 Å². The summed E-state index contributed by atoms with van der Waals surface area (Å²) in [6.45, 7) is 1.41. The molecule has 4 rings (SSSR count). The van der Waals surface area contributed by atoms with Crippen molar-refractivity contribution in [1.29, 1.82) is 0 Å². The fraction of sp³-hybridized carbons (Fsp3) is 0.0800. The highest BCUT2D eigenvalue weighted by atomic mass is 79.9. The van der Waals surface area contributed by atoms with Crippen molar-refractivity contribution in [2.24, 2.45) is 0 Å². The minimum absolute atomic E-state index is 0.0370. The smallest absolute Gasteiger partial charge is 0.339 e. The molecule has 0 bridgehead atoms. The van der Waals surface area contributed by atoms with Crippen LogP contribution in [0.4, 0.5) is 10.5 Å². The third-order valence-electron chi connectivity index (χ3n) is 5.08. The van der Waals surface area contributed by atoms with Crippen molar-refractivity contribution >= 4 is 78.2 Å². The molecule has 3 aromatic carbocycles. The molecular weight excluding hydrogens is 604 g/mol. The first kappa shape index (κ1) is 26.9. The zero-order chi connectivity index (χ0) is 26.7. The molecule has 0 aliphatic carbocycles. The Labute approximate surface area is 230 Å². The number of rotatable bonds is 7. The summed E-state index contributed by atoms with van der Waals surface area (Å²) in [5.41, 5.74) is 1.66. The van der Waals surface area contributed by atoms with E-state index in [2.05, 4.69) is 21.2 Å². The van der Waals surface area contributed by atoms with Crippen LogP contribution in [0.1, 0.15) is 18.1 Å². The highest BCUT2D eigenvalue weighted by molar-refractivity contribution is 9.10. The monoisotopic (exact) mass is 620 g/mol. The molecular formula is C25H18BrClN2O6S2. The summed E-state index contributed by atoms with van der Waals surface area (Å²) < 4.78 is 31.0. The Bertz CT molecular complexity index is 1540. The van der Waals surface area contributed by atoms with Crippen LogP contribution in [-0.2, 0) is 26.3 Å². The van der Waals surface area contributed by atoms with Gasteiger partial charge in [0.05, 0.1) is 15.9 Å². The molecule has 1 aliphatic rings. The van der Waals surface area contributed by atoms with Crippen LogP contribution in [0.3, 0.4) is 0 Å². The van der Waals surface area contributed by atoms with Crippen LogP contribution in [0.25, 0.3) is 6.08 Å². The Balaban J connectivity index is 1.49. The van der Waals surface area contributed by atoms with Crippen molar-refractivity contribution < 1.29 is 27.0 Å². The molecule has 1 N–H and O–H groups in total. The number of amides is 3. The Morgan fingerprint density at radius 1 is 1.11 bits per heavy atom. The van der Waals surface area contributed by atoms with E-state index in [4.69, 9.17) is 15.8 Å². The maximum atomic E-state index is 12.8. The van der Waals surface area contributed by atoms with Gasteiger partial charge in [0.25, 0.3) is 11.1 Å². The molecule has 1 aliphatic heterocycles. The van der Waals surface area contributed by atoms with Gasteiger partial charge >= 0.3 is 10.1 Å². The fourth-order valence-electron chi connectivity index (χ4n) is 3.33. The van der Waals surface area contributed by atoms with Crippen molar-refractivity contribution in [3.63, 3.8) is 0 Å². The molecule has 8 nitrogen and oxygen atoms in total. The van der Waals surface area contributed by atoms with Gasteiger partial charge in [0.1, 0.15) is 4.90 Å². The minimum Gasteiger partial charge on any atom is -0.378 e. The van der Waals surface area contributed by atoms with Crippen LogP contribution in [-0.4, -0.2) is 30.4 Å². The van der Waals surface area contributed by atoms with E-state index >= 15 is 0 Å². The third-order valence-corrected chi connectivity index (χ3v) is 8.22. The maximum Gasteiger partial charge on any atom is 0.339 e. The first-order valence-corrected chi connectivity index (χ1v) is 14.0. The predicted octanol–water partition coefficient (Wildman–Crippen LogP) is 6.07. The van der Waals surface area contributed by atoms with E-state index in [1.807, 2.05) is 0 Å². The summed E-state index contributed by atoms with van der Waals surface area (Å²) in [6, 6.07) is 17.1. The lowest BCUT2D eigenvalue weighted by Gasteiger charge is -2.13. The first-order valence-electron chi connectivity index (χ1n) is 10.6. The molecule has 190 valence electrons. The molecule has 3 aromatic rings. The van der Waals surface area contributed by atoms with Gasteiger partial charge in [-0.1, -0.05) is 35.9 Å². The largest absolute Gasteiger partial charge is 0.378 e. The van der Waals surface area contributed by atoms with Crippen LogP contribution in [0.15, 0.2) is 81.0 Å². The first-order chi connectivity index (χ1) is 17.5. The fourth-order valence-corrected chi connectivity index (χ4v) is 5.90. The zero-order valence-corrected chi connectivity index (χ0v) is 23.1. The number of anilines is 1. The highest BCUT2D eigenvalue weighted by Gasteiger charge is 2.35. The van der Waals surface area contributed by atoms with Crippen molar-refractivity contribution in [3.8, 4) is 5.75 Å². The van der Waals surface area contributed by atoms with Gasteiger partial charge in [0, 0.05) is 17.6 Å². The van der Waals surface area contributed by atoms with E-state index in [9.17, 15) is 22.8 Å². The molecule has 0 aromatic heterocycles. The Morgan fingerprint density at radius 2 is 1.81 bits per heavy atom. The molecule has 0 spiro atoms. The summed E-state index contributed by atoms with van der Waals surface area (Å²) in [5.74, 6) is -0.687. The number of carbonyl (C=O) groups excluding carboxylic acids is 3. The number of hydrogen-bond donors (Lipinski definition) is 1. The van der Waals surface area contributed by atoms with Crippen molar-refractivity contribution in [3.05, 3.63) is 92.3 Å². The van der Waals surface area contributed by atoms with Crippen LogP contribution in [0.5, 0.6) is 5.75 Å². The molecule has 0 saturated carbocycles. The molecule has 1 fully saturated rings. The van der Waals surface area contributed by atoms with Crippen molar-refractivity contribution in [2.75, 3.05) is 5.32 Å². The van der Waals surface area contributed by atoms with Gasteiger partial charge in [-0.05, 0) is 87.4 Å². The summed E-state index contributed by atoms with van der Waals surface area (Å²) in [7, 11) is -4.15. The van der Waals surface area contributed by atoms with Crippen LogP contribution in [0, 0.1) is 0 Å². The average molecular weight is 622 g/mol. The highest BCUT2D eigenvalue weighted by Crippen LogP contribution is 2.36. The number of imide groups is 1. The van der Waals surface area contributed by atoms with E-state index in [0.29, 0.717) is 26.3 Å². The number of benzene rings is 3. The molecule has 0 radical (unpaired) electrons. The Morgan fingerprint density at radius 3 is 2.46 bits per heavy atom. The lowest BCUT2D eigenvalue weighted by atomic mass is 10.2. The van der Waals surface area contributed by atoms with E-state index < -0.39 is 21.3 Å². The quantitative estimate of drug-likeness (QED) is 0.252. The lowest BCUT2D eigenvalue weighted by Crippen LogP contribution is -2.27. The number of carbonyl (C=O) groups is 3. The molecule has 1 heterocycles. The average Bonchev–Trinajstić information content (AvgIpc) is 3.09. The second-order valence-corrected chi connectivity index (χ2v) is 11.6. The number of nitrogens with one attached hydrogen (secondary N) is 1. The Hall–Kier alpha value is -3.12. The third kappa shape index (κ3) is 6.42. The van der Waals surface area contributed by atoms with E-state index in [0.717, 1.165) is 16.7 Å². The van der Waals surface area contributed by atoms with Gasteiger partial charge in [-0.2, -0.15) is 8.42 Å². The van der Waals surface area contributed by atoms with Gasteiger partial charge in [0.15, 0.2) is 5.75 Å². The summed E-state index contributed by atoms with van der Waals surface area (Å²) in [6.07, 6.45) is 1.54. The summed E-state index contributed by atoms with van der Waals surface area (Å²) in [4.78, 5) is 37.7. The van der Waals surface area contributed by atoms with Gasteiger partial charge in [-0.25, -0.2) is 0 Å². The van der Waals surface area contributed by atoms with Crippen LogP contribution in [0.2, 0.25) is 5.02 Å². The van der Waals surface area contributed by atoms with Gasteiger partial charge < -0.3 is 9.50 Å². The molecule has 1 saturated heterocycles. The number of hydrogen-bond acceptors (Lipinski definition) is 7. The Kier molecular flexibility index (Phi) is 8.08. The normalized spacial score (nSPS) is 14.8. The second kappa shape index (κ2) is 11.1. The van der Waals surface area contributed by atoms with E-state index in [1.54, 1.807) is 42.5 Å². The van der Waals surface area contributed by atoms with E-state index in [-0.39, 0.29) is 28.0 Å². The van der Waals surface area contributed by atoms with Crippen molar-refractivity contribution in [2.45, 2.75) is 18.4 Å². The number of thioether (sulfide) groups is 1. The summed E-state index contributed by atoms with van der Waals surface area (Å²) >= 11 is 10.3. The topological polar surface area (TPSA) is 110 Å². The molecule has 3 amide bonds. The number of halogens is 2. The van der Waals surface area contributed by atoms with Crippen LogP contribution < -0.4 is 9.50 Å². The zero-order valence-electron chi connectivity index (χ0n) is 19.1. The number of nitrogens with zero attached hydrogens (tertiary/aromatic N) is 1. The van der Waals surface area contributed by atoms with Crippen molar-refractivity contribution in [1.82, 2.24) is 4.90 Å². The minimum atomic E-state index is -4.15.